The zero-order valence-electron chi connectivity index (χ0n) is 16.2. The van der Waals surface area contributed by atoms with Crippen molar-refractivity contribution in [2.24, 2.45) is 16.6 Å². The molecule has 0 aliphatic heterocycles. The molecule has 7 nitrogen and oxygen atoms in total. The number of methoxy groups -OCH3 is 1. The second-order valence-corrected chi connectivity index (χ2v) is 6.04. The van der Waals surface area contributed by atoms with Crippen LogP contribution in [0.3, 0.4) is 0 Å². The van der Waals surface area contributed by atoms with Gasteiger partial charge in [0.25, 0.3) is 0 Å². The fourth-order valence-electron chi connectivity index (χ4n) is 2.33. The number of nitrogens with zero attached hydrogens (tertiary/aromatic N) is 1. The first-order valence-electron chi connectivity index (χ1n) is 9.19. The van der Waals surface area contributed by atoms with Crippen LogP contribution in [0, 0.1) is 11.7 Å². The Morgan fingerprint density at radius 1 is 1.22 bits per heavy atom. The van der Waals surface area contributed by atoms with Crippen LogP contribution in [0.5, 0.6) is 0 Å². The molecule has 27 heavy (non-hydrogen) atoms. The van der Waals surface area contributed by atoms with E-state index in [1.54, 1.807) is 19.2 Å². The molecule has 0 radical (unpaired) electrons. The van der Waals surface area contributed by atoms with Gasteiger partial charge in [0.2, 0.25) is 5.91 Å². The van der Waals surface area contributed by atoms with Crippen LogP contribution in [0.4, 0.5) is 4.39 Å². The second kappa shape index (κ2) is 13.9. The second-order valence-electron chi connectivity index (χ2n) is 6.04. The van der Waals surface area contributed by atoms with Gasteiger partial charge >= 0.3 is 0 Å². The Morgan fingerprint density at radius 3 is 2.59 bits per heavy atom. The van der Waals surface area contributed by atoms with Crippen LogP contribution in [-0.2, 0) is 20.7 Å². The van der Waals surface area contributed by atoms with Gasteiger partial charge in [0.15, 0.2) is 5.96 Å². The highest BCUT2D eigenvalue weighted by Gasteiger charge is 2.16. The number of carbonyl (C=O) groups is 1. The third kappa shape index (κ3) is 10.5. The summed E-state index contributed by atoms with van der Waals surface area (Å²) >= 11 is 0. The Hall–Kier alpha value is -2.19. The highest BCUT2D eigenvalue weighted by Crippen LogP contribution is 2.10. The number of primary amides is 1. The van der Waals surface area contributed by atoms with Crippen LogP contribution in [0.15, 0.2) is 29.3 Å². The van der Waals surface area contributed by atoms with Crippen molar-refractivity contribution in [3.8, 4) is 0 Å². The minimum Gasteiger partial charge on any atom is -0.382 e. The molecule has 0 saturated carbocycles. The van der Waals surface area contributed by atoms with Crippen molar-refractivity contribution in [1.29, 1.82) is 0 Å². The lowest BCUT2D eigenvalue weighted by atomic mass is 9.99. The van der Waals surface area contributed by atoms with Gasteiger partial charge < -0.3 is 25.8 Å². The monoisotopic (exact) mass is 382 g/mol. The third-order valence-corrected chi connectivity index (χ3v) is 3.80. The van der Waals surface area contributed by atoms with Crippen LogP contribution >= 0.6 is 0 Å². The van der Waals surface area contributed by atoms with Gasteiger partial charge in [-0.1, -0.05) is 12.1 Å². The summed E-state index contributed by atoms with van der Waals surface area (Å²) in [6, 6.07) is 6.05. The molecule has 0 aromatic heterocycles. The van der Waals surface area contributed by atoms with E-state index in [1.807, 2.05) is 6.92 Å². The van der Waals surface area contributed by atoms with Gasteiger partial charge in [-0.2, -0.15) is 0 Å². The maximum atomic E-state index is 13.0. The van der Waals surface area contributed by atoms with Crippen molar-refractivity contribution in [2.75, 3.05) is 46.6 Å². The molecule has 0 bridgehead atoms. The number of guanidine groups is 1. The molecule has 0 aliphatic carbocycles. The Labute approximate surface area is 160 Å². The molecule has 1 aromatic carbocycles. The Bertz CT molecular complexity index is 567. The lowest BCUT2D eigenvalue weighted by Crippen LogP contribution is -2.39. The minimum absolute atomic E-state index is 0.256. The third-order valence-electron chi connectivity index (χ3n) is 3.80. The minimum atomic E-state index is -0.455. The fourth-order valence-corrected chi connectivity index (χ4v) is 2.33. The predicted octanol–water partition coefficient (Wildman–Crippen LogP) is 1.08. The summed E-state index contributed by atoms with van der Waals surface area (Å²) in [6.45, 7) is 5.41. The number of benzene rings is 1. The van der Waals surface area contributed by atoms with Gasteiger partial charge in [0, 0.05) is 26.8 Å². The van der Waals surface area contributed by atoms with E-state index in [2.05, 4.69) is 15.6 Å². The Morgan fingerprint density at radius 2 is 1.96 bits per heavy atom. The van der Waals surface area contributed by atoms with E-state index >= 15 is 0 Å². The Balaban J connectivity index is 2.48. The molecule has 0 spiro atoms. The first kappa shape index (κ1) is 22.9. The van der Waals surface area contributed by atoms with E-state index in [0.717, 1.165) is 12.0 Å². The summed E-state index contributed by atoms with van der Waals surface area (Å²) in [7, 11) is 1.64. The topological polar surface area (TPSA) is 98.0 Å². The summed E-state index contributed by atoms with van der Waals surface area (Å²) in [5.41, 5.74) is 6.35. The highest BCUT2D eigenvalue weighted by molar-refractivity contribution is 5.81. The summed E-state index contributed by atoms with van der Waals surface area (Å²) < 4.78 is 23.3. The number of carbonyl (C=O) groups excluding carboxylic acids is 1. The average Bonchev–Trinajstić information content (AvgIpc) is 2.65. The van der Waals surface area contributed by atoms with Crippen molar-refractivity contribution in [1.82, 2.24) is 10.6 Å². The van der Waals surface area contributed by atoms with Crippen molar-refractivity contribution < 1.29 is 18.7 Å². The van der Waals surface area contributed by atoms with E-state index in [4.69, 9.17) is 15.2 Å². The maximum Gasteiger partial charge on any atom is 0.222 e. The first-order chi connectivity index (χ1) is 13.1. The summed E-state index contributed by atoms with van der Waals surface area (Å²) in [5, 5.41) is 6.34. The van der Waals surface area contributed by atoms with E-state index in [-0.39, 0.29) is 12.4 Å². The van der Waals surface area contributed by atoms with Crippen molar-refractivity contribution in [2.45, 2.75) is 19.8 Å². The van der Waals surface area contributed by atoms with Gasteiger partial charge in [-0.05, 0) is 37.5 Å². The first-order valence-corrected chi connectivity index (χ1v) is 9.19. The molecule has 1 amide bonds. The largest absolute Gasteiger partial charge is 0.382 e. The van der Waals surface area contributed by atoms with Crippen LogP contribution in [-0.4, -0.2) is 58.4 Å². The molecule has 0 saturated heterocycles. The lowest BCUT2D eigenvalue weighted by Gasteiger charge is -2.14. The normalized spacial score (nSPS) is 12.6. The molecule has 1 atom stereocenters. The SMILES string of the molecule is CCNC(=NCC(Cc1ccc(F)cc1)C(N)=O)NCCCOCCOC. The maximum absolute atomic E-state index is 13.0. The fraction of sp³-hybridized carbons (Fsp3) is 0.579. The van der Waals surface area contributed by atoms with Crippen LogP contribution in [0.2, 0.25) is 0 Å². The smallest absolute Gasteiger partial charge is 0.222 e. The summed E-state index contributed by atoms with van der Waals surface area (Å²) in [6.07, 6.45) is 1.24. The quantitative estimate of drug-likeness (QED) is 0.269. The van der Waals surface area contributed by atoms with E-state index in [0.29, 0.717) is 45.3 Å². The van der Waals surface area contributed by atoms with E-state index in [1.165, 1.54) is 12.1 Å². The van der Waals surface area contributed by atoms with Gasteiger partial charge in [-0.3, -0.25) is 9.79 Å². The van der Waals surface area contributed by atoms with E-state index in [9.17, 15) is 9.18 Å². The molecular weight excluding hydrogens is 351 g/mol. The molecule has 0 aliphatic rings. The summed E-state index contributed by atoms with van der Waals surface area (Å²) in [4.78, 5) is 16.2. The standard InChI is InChI=1S/C19H31FN4O3/c1-3-22-19(23-9-4-10-27-12-11-26-2)24-14-16(18(21)25)13-15-5-7-17(20)8-6-15/h5-8,16H,3-4,9-14H2,1-2H3,(H2,21,25)(H2,22,23,24). The molecule has 1 aromatic rings. The highest BCUT2D eigenvalue weighted by atomic mass is 19.1. The van der Waals surface area contributed by atoms with Gasteiger partial charge in [-0.25, -0.2) is 4.39 Å². The molecule has 1 unspecified atom stereocenters. The van der Waals surface area contributed by atoms with Crippen LogP contribution in [0.25, 0.3) is 0 Å². The number of nitrogens with one attached hydrogen (secondary N) is 2. The van der Waals surface area contributed by atoms with Gasteiger partial charge in [-0.15, -0.1) is 0 Å². The van der Waals surface area contributed by atoms with Gasteiger partial charge in [0.05, 0.1) is 25.7 Å². The van der Waals surface area contributed by atoms with Crippen molar-refractivity contribution in [3.05, 3.63) is 35.6 Å². The Kier molecular flexibility index (Phi) is 11.8. The summed E-state index contributed by atoms with van der Waals surface area (Å²) in [5.74, 6) is -0.564. The predicted molar refractivity (Wildman–Crippen MR) is 104 cm³/mol. The number of nitrogens with two attached hydrogens (primary N) is 1. The van der Waals surface area contributed by atoms with Crippen LogP contribution < -0.4 is 16.4 Å². The molecule has 4 N–H and O–H groups in total. The molecule has 1 rings (SSSR count). The number of aliphatic imine (C=N–C) groups is 1. The number of hydrogen-bond acceptors (Lipinski definition) is 4. The van der Waals surface area contributed by atoms with Crippen LogP contribution in [0.1, 0.15) is 18.9 Å². The zero-order valence-corrected chi connectivity index (χ0v) is 16.2. The number of ether oxygens (including phenoxy) is 2. The van der Waals surface area contributed by atoms with E-state index < -0.39 is 11.8 Å². The number of halogens is 1. The molecular formula is C19H31FN4O3. The number of rotatable bonds is 13. The zero-order chi connectivity index (χ0) is 19.9. The molecule has 0 fully saturated rings. The molecule has 0 heterocycles. The molecule has 8 heteroatoms. The molecule has 152 valence electrons. The number of hydrogen-bond donors (Lipinski definition) is 3. The van der Waals surface area contributed by atoms with Crippen molar-refractivity contribution in [3.63, 3.8) is 0 Å². The van der Waals surface area contributed by atoms with Gasteiger partial charge in [0.1, 0.15) is 5.82 Å². The van der Waals surface area contributed by atoms with Crippen molar-refractivity contribution >= 4 is 11.9 Å². The number of amides is 1. The lowest BCUT2D eigenvalue weighted by molar-refractivity contribution is -0.121. The average molecular weight is 382 g/mol.